The number of aliphatic carboxylic acids is 1. The first-order chi connectivity index (χ1) is 10.0. The van der Waals surface area contributed by atoms with E-state index in [0.29, 0.717) is 10.2 Å². The van der Waals surface area contributed by atoms with Gasteiger partial charge in [0.25, 0.3) is 0 Å². The quantitative estimate of drug-likeness (QED) is 0.743. The molecule has 0 fully saturated rings. The molecule has 124 valence electrons. The van der Waals surface area contributed by atoms with Gasteiger partial charge in [0.2, 0.25) is 10.0 Å². The number of sulfonamides is 1. The van der Waals surface area contributed by atoms with Gasteiger partial charge >= 0.3 is 5.97 Å². The summed E-state index contributed by atoms with van der Waals surface area (Å²) in [5.41, 5.74) is 0.708. The zero-order chi connectivity index (χ0) is 17.1. The first-order valence-corrected chi connectivity index (χ1v) is 9.04. The summed E-state index contributed by atoms with van der Waals surface area (Å²) in [6.07, 6.45) is 0.222. The van der Waals surface area contributed by atoms with E-state index in [-0.39, 0.29) is 17.2 Å². The fourth-order valence-electron chi connectivity index (χ4n) is 1.90. The number of anilines is 1. The van der Waals surface area contributed by atoms with Gasteiger partial charge in [-0.25, -0.2) is 8.42 Å². The number of carboxylic acid groups (broad SMARTS) is 1. The maximum Gasteiger partial charge on any atom is 0.321 e. The number of hydrogen-bond acceptors (Lipinski definition) is 4. The number of rotatable bonds is 7. The zero-order valence-corrected chi connectivity index (χ0v) is 15.4. The molecule has 1 aromatic rings. The second-order valence-electron chi connectivity index (χ2n) is 5.65. The molecule has 22 heavy (non-hydrogen) atoms. The fraction of sp³-hybridized carbons (Fsp3) is 0.500. The van der Waals surface area contributed by atoms with Gasteiger partial charge in [-0.15, -0.1) is 0 Å². The molecule has 0 aliphatic heterocycles. The van der Waals surface area contributed by atoms with Gasteiger partial charge in [-0.1, -0.05) is 13.8 Å². The van der Waals surface area contributed by atoms with Crippen LogP contribution in [0.2, 0.25) is 0 Å². The summed E-state index contributed by atoms with van der Waals surface area (Å²) in [5, 5.41) is 9.20. The van der Waals surface area contributed by atoms with Crippen molar-refractivity contribution in [3.8, 4) is 0 Å². The number of halogens is 1. The molecule has 1 rings (SSSR count). The van der Waals surface area contributed by atoms with Gasteiger partial charge in [-0.3, -0.25) is 4.79 Å². The maximum atomic E-state index is 12.5. The lowest BCUT2D eigenvalue weighted by Gasteiger charge is -2.19. The van der Waals surface area contributed by atoms with Gasteiger partial charge in [0.1, 0.15) is 6.04 Å². The molecule has 1 aromatic carbocycles. The van der Waals surface area contributed by atoms with E-state index in [1.54, 1.807) is 31.1 Å². The average molecular weight is 393 g/mol. The van der Waals surface area contributed by atoms with Crippen molar-refractivity contribution in [2.75, 3.05) is 19.0 Å². The van der Waals surface area contributed by atoms with E-state index >= 15 is 0 Å². The maximum absolute atomic E-state index is 12.5. The summed E-state index contributed by atoms with van der Waals surface area (Å²) >= 11 is 3.21. The van der Waals surface area contributed by atoms with E-state index in [9.17, 15) is 18.3 Å². The van der Waals surface area contributed by atoms with Crippen molar-refractivity contribution in [3.05, 3.63) is 22.7 Å². The van der Waals surface area contributed by atoms with E-state index in [0.717, 1.165) is 0 Å². The molecule has 0 saturated heterocycles. The molecular formula is C14H21BrN2O4S. The Bertz CT molecular complexity index is 644. The number of hydrogen-bond donors (Lipinski definition) is 2. The highest BCUT2D eigenvalue weighted by Gasteiger charge is 2.27. The molecule has 1 atom stereocenters. The van der Waals surface area contributed by atoms with Crippen LogP contribution in [0.15, 0.2) is 27.6 Å². The number of carbonyl (C=O) groups is 1. The average Bonchev–Trinajstić information content (AvgIpc) is 2.36. The molecule has 0 radical (unpaired) electrons. The highest BCUT2D eigenvalue weighted by molar-refractivity contribution is 9.10. The van der Waals surface area contributed by atoms with Gasteiger partial charge < -0.3 is 10.0 Å². The van der Waals surface area contributed by atoms with Crippen LogP contribution in [0.4, 0.5) is 5.69 Å². The number of benzene rings is 1. The van der Waals surface area contributed by atoms with Crippen molar-refractivity contribution in [3.63, 3.8) is 0 Å². The third kappa shape index (κ3) is 4.96. The number of nitrogens with zero attached hydrogens (tertiary/aromatic N) is 1. The lowest BCUT2D eigenvalue weighted by molar-refractivity contribution is -0.139. The minimum Gasteiger partial charge on any atom is -0.480 e. The van der Waals surface area contributed by atoms with Gasteiger partial charge in [-0.2, -0.15) is 4.72 Å². The molecule has 8 heteroatoms. The molecule has 6 nitrogen and oxygen atoms in total. The Labute approximate surface area is 139 Å². The topological polar surface area (TPSA) is 86.7 Å². The second-order valence-corrected chi connectivity index (χ2v) is 8.19. The van der Waals surface area contributed by atoms with Crippen LogP contribution in [0.5, 0.6) is 0 Å². The van der Waals surface area contributed by atoms with E-state index in [1.165, 1.54) is 6.07 Å². The minimum absolute atomic E-state index is 0.0220. The molecule has 0 aliphatic rings. The highest BCUT2D eigenvalue weighted by atomic mass is 79.9. The van der Waals surface area contributed by atoms with Crippen LogP contribution in [0.3, 0.4) is 0 Å². The van der Waals surface area contributed by atoms with Crippen molar-refractivity contribution in [1.29, 1.82) is 0 Å². The smallest absolute Gasteiger partial charge is 0.321 e. The molecule has 0 heterocycles. The summed E-state index contributed by atoms with van der Waals surface area (Å²) in [7, 11) is -0.346. The third-order valence-corrected chi connectivity index (χ3v) is 5.49. The van der Waals surface area contributed by atoms with Crippen molar-refractivity contribution in [2.45, 2.75) is 31.2 Å². The van der Waals surface area contributed by atoms with E-state index in [2.05, 4.69) is 20.7 Å². The van der Waals surface area contributed by atoms with Gasteiger partial charge in [-0.05, 0) is 46.5 Å². The van der Waals surface area contributed by atoms with Crippen LogP contribution in [0.1, 0.15) is 20.3 Å². The molecule has 0 aliphatic carbocycles. The third-order valence-electron chi connectivity index (χ3n) is 3.02. The van der Waals surface area contributed by atoms with Crippen molar-refractivity contribution in [2.24, 2.45) is 5.92 Å². The van der Waals surface area contributed by atoms with Gasteiger partial charge in [0, 0.05) is 24.3 Å². The minimum atomic E-state index is -3.94. The molecule has 0 amide bonds. The van der Waals surface area contributed by atoms with Crippen LogP contribution in [0, 0.1) is 5.92 Å². The van der Waals surface area contributed by atoms with Crippen LogP contribution < -0.4 is 9.62 Å². The summed E-state index contributed by atoms with van der Waals surface area (Å²) < 4.78 is 27.7. The van der Waals surface area contributed by atoms with Gasteiger partial charge in [0.05, 0.1) is 4.90 Å². The standard InChI is InChI=1S/C14H21BrN2O4S/c1-9(2)7-12(14(18)19)16-22(20,21)13-8-10(17(3)4)5-6-11(13)15/h5-6,8-9,12,16H,7H2,1-4H3,(H,18,19)/t12-/m1/s1. The van der Waals surface area contributed by atoms with E-state index in [4.69, 9.17) is 0 Å². The summed E-state index contributed by atoms with van der Waals surface area (Å²) in [6.45, 7) is 3.68. The Morgan fingerprint density at radius 1 is 1.36 bits per heavy atom. The largest absolute Gasteiger partial charge is 0.480 e. The predicted molar refractivity (Wildman–Crippen MR) is 89.7 cm³/mol. The molecular weight excluding hydrogens is 372 g/mol. The molecule has 0 saturated carbocycles. The SMILES string of the molecule is CC(C)C[C@@H](NS(=O)(=O)c1cc(N(C)C)ccc1Br)C(=O)O. The van der Waals surface area contributed by atoms with Crippen LogP contribution in [0.25, 0.3) is 0 Å². The zero-order valence-electron chi connectivity index (χ0n) is 13.0. The van der Waals surface area contributed by atoms with E-state index in [1.807, 2.05) is 13.8 Å². The normalized spacial score (nSPS) is 13.2. The second kappa shape index (κ2) is 7.43. The van der Waals surface area contributed by atoms with Crippen LogP contribution in [-0.2, 0) is 14.8 Å². The van der Waals surface area contributed by atoms with E-state index < -0.39 is 22.0 Å². The van der Waals surface area contributed by atoms with Crippen molar-refractivity contribution in [1.82, 2.24) is 4.72 Å². The van der Waals surface area contributed by atoms with Crippen molar-refractivity contribution < 1.29 is 18.3 Å². The monoisotopic (exact) mass is 392 g/mol. The molecule has 0 aromatic heterocycles. The Morgan fingerprint density at radius 3 is 2.41 bits per heavy atom. The molecule has 2 N–H and O–H groups in total. The Morgan fingerprint density at radius 2 is 1.95 bits per heavy atom. The highest BCUT2D eigenvalue weighted by Crippen LogP contribution is 2.27. The predicted octanol–water partition coefficient (Wildman–Crippen LogP) is 2.29. The number of nitrogens with one attached hydrogen (secondary N) is 1. The lowest BCUT2D eigenvalue weighted by Crippen LogP contribution is -2.41. The summed E-state index contributed by atoms with van der Waals surface area (Å²) in [6, 6.07) is 3.74. The molecule has 0 unspecified atom stereocenters. The fourth-order valence-corrected chi connectivity index (χ4v) is 4.08. The Kier molecular flexibility index (Phi) is 6.39. The first kappa shape index (κ1) is 18.9. The summed E-state index contributed by atoms with van der Waals surface area (Å²) in [5.74, 6) is -1.13. The van der Waals surface area contributed by atoms with Crippen LogP contribution in [-0.4, -0.2) is 39.6 Å². The van der Waals surface area contributed by atoms with Crippen LogP contribution >= 0.6 is 15.9 Å². The van der Waals surface area contributed by atoms with Gasteiger partial charge in [0.15, 0.2) is 0 Å². The lowest BCUT2D eigenvalue weighted by atomic mass is 10.1. The first-order valence-electron chi connectivity index (χ1n) is 6.76. The molecule has 0 bridgehead atoms. The van der Waals surface area contributed by atoms with Crippen molar-refractivity contribution >= 4 is 37.6 Å². The Balaban J connectivity index is 3.18. The summed E-state index contributed by atoms with van der Waals surface area (Å²) in [4.78, 5) is 13.1. The molecule has 0 spiro atoms. The number of carboxylic acids is 1. The Hall–Kier alpha value is -1.12.